The Hall–Kier alpha value is -3.72. The van der Waals surface area contributed by atoms with Crippen molar-refractivity contribution in [1.82, 2.24) is 14.9 Å². The van der Waals surface area contributed by atoms with Gasteiger partial charge < -0.3 is 15.2 Å². The van der Waals surface area contributed by atoms with Gasteiger partial charge in [-0.1, -0.05) is 37.6 Å². The van der Waals surface area contributed by atoms with Crippen LogP contribution >= 0.6 is 11.6 Å². The Morgan fingerprint density at radius 3 is 2.69 bits per heavy atom. The van der Waals surface area contributed by atoms with E-state index in [-0.39, 0.29) is 22.2 Å². The largest absolute Gasteiger partial charge is 0.340 e. The molecule has 0 bridgehead atoms. The number of nitrogens with zero attached hydrogens (tertiary/aromatic N) is 3. The number of amides is 2. The number of aryl methyl sites for hydroxylation is 2. The van der Waals surface area contributed by atoms with Crippen LogP contribution in [0, 0.1) is 16.0 Å². The number of benzene rings is 2. The van der Waals surface area contributed by atoms with Gasteiger partial charge >= 0.3 is 0 Å². The predicted molar refractivity (Wildman–Crippen MR) is 133 cm³/mol. The summed E-state index contributed by atoms with van der Waals surface area (Å²) in [6.07, 6.45) is 5.28. The smallest absolute Gasteiger partial charge is 0.288 e. The maximum atomic E-state index is 13.1. The van der Waals surface area contributed by atoms with E-state index in [0.717, 1.165) is 49.0 Å². The first kappa shape index (κ1) is 24.4. The molecule has 9 nitrogen and oxygen atoms in total. The average Bonchev–Trinajstić information content (AvgIpc) is 3.27. The summed E-state index contributed by atoms with van der Waals surface area (Å²) in [6.45, 7) is 4.58. The van der Waals surface area contributed by atoms with Gasteiger partial charge in [-0.25, -0.2) is 4.98 Å². The van der Waals surface area contributed by atoms with Crippen molar-refractivity contribution in [1.29, 1.82) is 0 Å². The van der Waals surface area contributed by atoms with E-state index in [1.54, 1.807) is 19.9 Å². The summed E-state index contributed by atoms with van der Waals surface area (Å²) in [5, 5.41) is 16.6. The van der Waals surface area contributed by atoms with Crippen molar-refractivity contribution in [2.24, 2.45) is 5.92 Å². The Morgan fingerprint density at radius 1 is 1.17 bits per heavy atom. The second-order valence-electron chi connectivity index (χ2n) is 8.88. The second kappa shape index (κ2) is 10.3. The molecule has 0 aliphatic carbocycles. The highest BCUT2D eigenvalue weighted by Gasteiger charge is 2.26. The molecule has 2 N–H and O–H groups in total. The first-order chi connectivity index (χ1) is 16.7. The van der Waals surface area contributed by atoms with Crippen LogP contribution < -0.4 is 10.6 Å². The third-order valence-corrected chi connectivity index (χ3v) is 6.29. The van der Waals surface area contributed by atoms with Crippen LogP contribution in [0.3, 0.4) is 0 Å². The van der Waals surface area contributed by atoms with Gasteiger partial charge in [-0.05, 0) is 43.0 Å². The minimum Gasteiger partial charge on any atom is -0.340 e. The zero-order chi connectivity index (χ0) is 25.1. The van der Waals surface area contributed by atoms with Crippen LogP contribution in [0.4, 0.5) is 11.4 Å². The molecule has 0 radical (unpaired) electrons. The minimum atomic E-state index is -0.860. The quantitative estimate of drug-likeness (QED) is 0.359. The van der Waals surface area contributed by atoms with Gasteiger partial charge in [0.2, 0.25) is 5.91 Å². The predicted octanol–water partition coefficient (Wildman–Crippen LogP) is 4.84. The summed E-state index contributed by atoms with van der Waals surface area (Å²) in [7, 11) is 0. The maximum Gasteiger partial charge on any atom is 0.288 e. The Morgan fingerprint density at radius 2 is 1.97 bits per heavy atom. The molecular formula is C25H26ClN5O4. The minimum absolute atomic E-state index is 0.0466. The molecule has 2 amide bonds. The fraction of sp³-hybridized carbons (Fsp3) is 0.320. The van der Waals surface area contributed by atoms with E-state index >= 15 is 0 Å². The Bertz CT molecular complexity index is 1260. The lowest BCUT2D eigenvalue weighted by Gasteiger charge is -2.22. The highest BCUT2D eigenvalue weighted by Crippen LogP contribution is 2.26. The lowest BCUT2D eigenvalue weighted by molar-refractivity contribution is -0.384. The van der Waals surface area contributed by atoms with Gasteiger partial charge in [0.15, 0.2) is 0 Å². The molecule has 2 aromatic carbocycles. The molecular weight excluding hydrogens is 470 g/mol. The number of nitrogens with one attached hydrogen (secondary N) is 2. The van der Waals surface area contributed by atoms with Crippen LogP contribution in [0.25, 0.3) is 11.3 Å². The molecule has 2 heterocycles. The Labute approximate surface area is 207 Å². The molecule has 35 heavy (non-hydrogen) atoms. The summed E-state index contributed by atoms with van der Waals surface area (Å²) in [5.41, 5.74) is 2.01. The standard InChI is InChI=1S/C25H26ClN5O4/c1-15(2)23(29-24(32)17-9-10-19(26)21(13-17)31(34)35)25(33)27-18-7-5-6-16(12-18)20-14-30-11-4-3-8-22(30)28-20/h5-7,9-10,12-15,23H,3-4,8,11H2,1-2H3,(H,27,33)(H,29,32). The number of carbonyl (C=O) groups is 2. The zero-order valence-corrected chi connectivity index (χ0v) is 20.2. The Balaban J connectivity index is 1.49. The summed E-state index contributed by atoms with van der Waals surface area (Å²) in [4.78, 5) is 41.1. The number of imidazole rings is 1. The third kappa shape index (κ3) is 5.51. The van der Waals surface area contributed by atoms with Crippen LogP contribution in [0.1, 0.15) is 42.9 Å². The van der Waals surface area contributed by atoms with E-state index in [4.69, 9.17) is 16.6 Å². The molecule has 3 aromatic rings. The van der Waals surface area contributed by atoms with E-state index in [0.29, 0.717) is 5.69 Å². The van der Waals surface area contributed by atoms with Gasteiger partial charge in [0.25, 0.3) is 11.6 Å². The second-order valence-corrected chi connectivity index (χ2v) is 9.29. The van der Waals surface area contributed by atoms with Gasteiger partial charge in [-0.15, -0.1) is 0 Å². The van der Waals surface area contributed by atoms with Crippen molar-refractivity contribution >= 4 is 34.8 Å². The number of hydrogen-bond acceptors (Lipinski definition) is 5. The number of hydrogen-bond donors (Lipinski definition) is 2. The molecule has 1 aliphatic heterocycles. The van der Waals surface area contributed by atoms with Crippen molar-refractivity contribution in [2.45, 2.75) is 45.7 Å². The molecule has 4 rings (SSSR count). The average molecular weight is 496 g/mol. The molecule has 1 aromatic heterocycles. The molecule has 10 heteroatoms. The van der Waals surface area contributed by atoms with Gasteiger partial charge in [-0.3, -0.25) is 19.7 Å². The zero-order valence-electron chi connectivity index (χ0n) is 19.5. The molecule has 0 saturated heterocycles. The van der Waals surface area contributed by atoms with Crippen molar-refractivity contribution < 1.29 is 14.5 Å². The highest BCUT2D eigenvalue weighted by atomic mass is 35.5. The van der Waals surface area contributed by atoms with E-state index in [1.165, 1.54) is 12.1 Å². The van der Waals surface area contributed by atoms with Crippen molar-refractivity contribution in [3.8, 4) is 11.3 Å². The Kier molecular flexibility index (Phi) is 7.16. The fourth-order valence-electron chi connectivity index (χ4n) is 4.08. The summed E-state index contributed by atoms with van der Waals surface area (Å²) < 4.78 is 2.18. The van der Waals surface area contributed by atoms with Crippen LogP contribution in [0.5, 0.6) is 0 Å². The van der Waals surface area contributed by atoms with Crippen LogP contribution in [-0.2, 0) is 17.8 Å². The number of carbonyl (C=O) groups excluding carboxylic acids is 2. The normalized spacial score (nSPS) is 13.7. The molecule has 0 saturated carbocycles. The third-order valence-electron chi connectivity index (χ3n) is 5.98. The van der Waals surface area contributed by atoms with Crippen molar-refractivity contribution in [2.75, 3.05) is 5.32 Å². The van der Waals surface area contributed by atoms with Crippen LogP contribution in [-0.4, -0.2) is 32.3 Å². The molecule has 1 aliphatic rings. The summed E-state index contributed by atoms with van der Waals surface area (Å²) in [6, 6.07) is 10.3. The van der Waals surface area contributed by atoms with Gasteiger partial charge in [0.1, 0.15) is 16.9 Å². The molecule has 182 valence electrons. The number of fused-ring (bicyclic) bond motifs is 1. The summed E-state index contributed by atoms with van der Waals surface area (Å²) in [5.74, 6) is -0.149. The number of anilines is 1. The molecule has 1 atom stereocenters. The number of halogens is 1. The number of nitro groups is 1. The summed E-state index contributed by atoms with van der Waals surface area (Å²) >= 11 is 5.84. The monoisotopic (exact) mass is 495 g/mol. The van der Waals surface area contributed by atoms with Crippen molar-refractivity contribution in [3.63, 3.8) is 0 Å². The number of aromatic nitrogens is 2. The van der Waals surface area contributed by atoms with Crippen LogP contribution in [0.2, 0.25) is 5.02 Å². The van der Waals surface area contributed by atoms with E-state index in [1.807, 2.05) is 24.4 Å². The lowest BCUT2D eigenvalue weighted by atomic mass is 10.0. The van der Waals surface area contributed by atoms with Gasteiger partial charge in [-0.2, -0.15) is 0 Å². The number of rotatable bonds is 7. The van der Waals surface area contributed by atoms with Gasteiger partial charge in [0, 0.05) is 42.0 Å². The molecule has 1 unspecified atom stereocenters. The first-order valence-electron chi connectivity index (χ1n) is 11.4. The number of nitro benzene ring substituents is 1. The SMILES string of the molecule is CC(C)C(NC(=O)c1ccc(Cl)c([N+](=O)[O-])c1)C(=O)Nc1cccc(-c2cn3c(n2)CCCC3)c1. The topological polar surface area (TPSA) is 119 Å². The lowest BCUT2D eigenvalue weighted by Crippen LogP contribution is -2.47. The maximum absolute atomic E-state index is 13.1. The molecule has 0 spiro atoms. The van der Waals surface area contributed by atoms with E-state index in [2.05, 4.69) is 15.2 Å². The molecule has 0 fully saturated rings. The first-order valence-corrected chi connectivity index (χ1v) is 11.8. The van der Waals surface area contributed by atoms with Gasteiger partial charge in [0.05, 0.1) is 10.6 Å². The van der Waals surface area contributed by atoms with E-state index < -0.39 is 22.8 Å². The van der Waals surface area contributed by atoms with Crippen molar-refractivity contribution in [3.05, 3.63) is 75.2 Å². The van der Waals surface area contributed by atoms with Crippen LogP contribution in [0.15, 0.2) is 48.7 Å². The fourth-order valence-corrected chi connectivity index (χ4v) is 4.27. The highest BCUT2D eigenvalue weighted by molar-refractivity contribution is 6.32. The van der Waals surface area contributed by atoms with E-state index in [9.17, 15) is 19.7 Å².